The lowest BCUT2D eigenvalue weighted by Gasteiger charge is -2.09. The number of amides is 1. The largest absolute Gasteiger partial charge is 0.456 e. The molecule has 1 heterocycles. The summed E-state index contributed by atoms with van der Waals surface area (Å²) in [7, 11) is 1.63. The van der Waals surface area contributed by atoms with Gasteiger partial charge < -0.3 is 10.1 Å². The van der Waals surface area contributed by atoms with Crippen molar-refractivity contribution >= 4 is 22.8 Å². The van der Waals surface area contributed by atoms with Gasteiger partial charge in [-0.25, -0.2) is 4.98 Å². The van der Waals surface area contributed by atoms with Gasteiger partial charge in [-0.15, -0.1) is 0 Å². The first-order valence-electron chi connectivity index (χ1n) is 9.45. The first-order valence-corrected chi connectivity index (χ1v) is 9.45. The quantitative estimate of drug-likeness (QED) is 0.589. The van der Waals surface area contributed by atoms with E-state index in [1.807, 2.05) is 36.4 Å². The fourth-order valence-electron chi connectivity index (χ4n) is 2.96. The van der Waals surface area contributed by atoms with Gasteiger partial charge in [0.05, 0.1) is 17.3 Å². The average Bonchev–Trinajstić information content (AvgIpc) is 2.74. The molecule has 7 nitrogen and oxygen atoms in total. The summed E-state index contributed by atoms with van der Waals surface area (Å²) in [6.45, 7) is 0.154. The number of para-hydroxylation sites is 1. The van der Waals surface area contributed by atoms with E-state index in [1.165, 1.54) is 4.57 Å². The number of hydrogen-bond acceptors (Lipinski definition) is 5. The van der Waals surface area contributed by atoms with E-state index in [4.69, 9.17) is 4.74 Å². The predicted molar refractivity (Wildman–Crippen MR) is 109 cm³/mol. The Bertz CT molecular complexity index is 1060. The van der Waals surface area contributed by atoms with E-state index in [2.05, 4.69) is 10.3 Å². The molecule has 0 radical (unpaired) electrons. The highest BCUT2D eigenvalue weighted by Gasteiger charge is 2.12. The molecule has 3 rings (SSSR count). The van der Waals surface area contributed by atoms with Gasteiger partial charge >= 0.3 is 5.97 Å². The van der Waals surface area contributed by atoms with Crippen molar-refractivity contribution in [2.45, 2.75) is 19.3 Å². The molecule has 29 heavy (non-hydrogen) atoms. The molecule has 7 heteroatoms. The molecular weight excluding hydrogens is 370 g/mol. The second-order valence-electron chi connectivity index (χ2n) is 6.66. The van der Waals surface area contributed by atoms with Crippen LogP contribution in [0.15, 0.2) is 59.4 Å². The monoisotopic (exact) mass is 393 g/mol. The zero-order valence-corrected chi connectivity index (χ0v) is 16.3. The topological polar surface area (TPSA) is 90.3 Å². The zero-order valence-electron chi connectivity index (χ0n) is 16.3. The summed E-state index contributed by atoms with van der Waals surface area (Å²) in [6.07, 6.45) is 1.00. The molecule has 1 amide bonds. The molecule has 0 spiro atoms. The summed E-state index contributed by atoms with van der Waals surface area (Å²) in [5.74, 6) is -0.353. The molecule has 0 saturated heterocycles. The number of aromatic nitrogens is 2. The summed E-state index contributed by atoms with van der Waals surface area (Å²) in [6, 6.07) is 16.9. The summed E-state index contributed by atoms with van der Waals surface area (Å²) in [5.41, 5.74) is 1.56. The van der Waals surface area contributed by atoms with Crippen LogP contribution in [-0.4, -0.2) is 34.6 Å². The first-order chi connectivity index (χ1) is 14.0. The Morgan fingerprint density at radius 2 is 1.76 bits per heavy atom. The summed E-state index contributed by atoms with van der Waals surface area (Å²) < 4.78 is 6.46. The van der Waals surface area contributed by atoms with E-state index in [9.17, 15) is 14.4 Å². The van der Waals surface area contributed by atoms with E-state index in [0.29, 0.717) is 29.7 Å². The molecule has 1 N–H and O–H groups in total. The van der Waals surface area contributed by atoms with Crippen LogP contribution in [0, 0.1) is 0 Å². The van der Waals surface area contributed by atoms with Crippen molar-refractivity contribution < 1.29 is 14.3 Å². The van der Waals surface area contributed by atoms with Crippen LogP contribution in [0.4, 0.5) is 0 Å². The number of nitrogens with zero attached hydrogens (tertiary/aromatic N) is 2. The zero-order chi connectivity index (χ0) is 20.6. The normalized spacial score (nSPS) is 10.7. The van der Waals surface area contributed by atoms with Gasteiger partial charge in [-0.1, -0.05) is 42.5 Å². The Labute approximate surface area is 168 Å². The Morgan fingerprint density at radius 1 is 1.03 bits per heavy atom. The third-order valence-corrected chi connectivity index (χ3v) is 4.57. The molecule has 2 aromatic carbocycles. The number of carbonyl (C=O) groups excluding carboxylic acids is 2. The molecule has 0 bridgehead atoms. The number of esters is 1. The van der Waals surface area contributed by atoms with Gasteiger partial charge in [-0.3, -0.25) is 19.0 Å². The minimum Gasteiger partial charge on any atom is -0.456 e. The van der Waals surface area contributed by atoms with Gasteiger partial charge in [0, 0.05) is 20.0 Å². The average molecular weight is 393 g/mol. The number of hydrogen-bond donors (Lipinski definition) is 1. The fourth-order valence-corrected chi connectivity index (χ4v) is 2.96. The summed E-state index contributed by atoms with van der Waals surface area (Å²) in [5, 5.41) is 3.26. The first kappa shape index (κ1) is 20.3. The van der Waals surface area contributed by atoms with Gasteiger partial charge in [0.1, 0.15) is 5.82 Å². The molecule has 0 aliphatic rings. The van der Waals surface area contributed by atoms with Crippen molar-refractivity contribution in [3.05, 3.63) is 76.3 Å². The third-order valence-electron chi connectivity index (χ3n) is 4.57. The van der Waals surface area contributed by atoms with Gasteiger partial charge in [0.25, 0.3) is 11.5 Å². The van der Waals surface area contributed by atoms with Gasteiger partial charge in [0.15, 0.2) is 6.61 Å². The van der Waals surface area contributed by atoms with Crippen LogP contribution in [0.3, 0.4) is 0 Å². The standard InChI is InChI=1S/C22H23N3O4/c1-25-19(24-18-10-6-5-9-17(18)22(25)28)11-12-21(27)29-15-20(26)23-14-13-16-7-3-2-4-8-16/h2-10H,11-15H2,1H3,(H,23,26). The number of benzene rings is 2. The number of rotatable bonds is 8. The van der Waals surface area contributed by atoms with Crippen LogP contribution in [0.25, 0.3) is 10.9 Å². The fraction of sp³-hybridized carbons (Fsp3) is 0.273. The summed E-state index contributed by atoms with van der Waals surface area (Å²) in [4.78, 5) is 40.6. The van der Waals surface area contributed by atoms with E-state index in [-0.39, 0.29) is 30.9 Å². The van der Waals surface area contributed by atoms with Crippen molar-refractivity contribution in [1.82, 2.24) is 14.9 Å². The SMILES string of the molecule is Cn1c(CCC(=O)OCC(=O)NCCc2ccccc2)nc2ccccc2c1=O. The van der Waals surface area contributed by atoms with Crippen molar-refractivity contribution in [3.63, 3.8) is 0 Å². The Kier molecular flexibility index (Phi) is 6.73. The van der Waals surface area contributed by atoms with Crippen molar-refractivity contribution in [3.8, 4) is 0 Å². The third kappa shape index (κ3) is 5.51. The van der Waals surface area contributed by atoms with Crippen LogP contribution in [0.1, 0.15) is 17.8 Å². The molecule has 0 saturated carbocycles. The van der Waals surface area contributed by atoms with E-state index in [0.717, 1.165) is 5.56 Å². The number of nitrogens with one attached hydrogen (secondary N) is 1. The molecule has 0 aliphatic heterocycles. The minimum atomic E-state index is -0.509. The molecule has 3 aromatic rings. The number of carbonyl (C=O) groups is 2. The highest BCUT2D eigenvalue weighted by Crippen LogP contribution is 2.08. The van der Waals surface area contributed by atoms with Crippen LogP contribution in [-0.2, 0) is 34.2 Å². The molecule has 1 aromatic heterocycles. The molecule has 150 valence electrons. The lowest BCUT2D eigenvalue weighted by atomic mass is 10.1. The molecule has 0 unspecified atom stereocenters. The number of fused-ring (bicyclic) bond motifs is 1. The highest BCUT2D eigenvalue weighted by atomic mass is 16.5. The smallest absolute Gasteiger partial charge is 0.306 e. The van der Waals surface area contributed by atoms with Gasteiger partial charge in [0.2, 0.25) is 0 Å². The maximum absolute atomic E-state index is 12.4. The molecular formula is C22H23N3O4. The van der Waals surface area contributed by atoms with Crippen molar-refractivity contribution in [1.29, 1.82) is 0 Å². The predicted octanol–water partition coefficient (Wildman–Crippen LogP) is 1.77. The molecule has 0 fully saturated rings. The van der Waals surface area contributed by atoms with Crippen molar-refractivity contribution in [2.75, 3.05) is 13.2 Å². The lowest BCUT2D eigenvalue weighted by molar-refractivity contribution is -0.148. The lowest BCUT2D eigenvalue weighted by Crippen LogP contribution is -2.30. The summed E-state index contributed by atoms with van der Waals surface area (Å²) >= 11 is 0. The van der Waals surface area contributed by atoms with Crippen LogP contribution in [0.5, 0.6) is 0 Å². The van der Waals surface area contributed by atoms with Gasteiger partial charge in [-0.05, 0) is 24.1 Å². The van der Waals surface area contributed by atoms with Crippen LogP contribution >= 0.6 is 0 Å². The van der Waals surface area contributed by atoms with Gasteiger partial charge in [-0.2, -0.15) is 0 Å². The Hall–Kier alpha value is -3.48. The highest BCUT2D eigenvalue weighted by molar-refractivity contribution is 5.80. The van der Waals surface area contributed by atoms with Crippen LogP contribution in [0.2, 0.25) is 0 Å². The minimum absolute atomic E-state index is 0.0376. The number of aryl methyl sites for hydroxylation is 1. The maximum Gasteiger partial charge on any atom is 0.306 e. The Balaban J connectivity index is 1.44. The molecule has 0 atom stereocenters. The second-order valence-corrected chi connectivity index (χ2v) is 6.66. The number of ether oxygens (including phenoxy) is 1. The maximum atomic E-state index is 12.4. The molecule has 0 aliphatic carbocycles. The van der Waals surface area contributed by atoms with E-state index >= 15 is 0 Å². The van der Waals surface area contributed by atoms with E-state index < -0.39 is 5.97 Å². The second kappa shape index (κ2) is 9.64. The van der Waals surface area contributed by atoms with Crippen LogP contribution < -0.4 is 10.9 Å². The van der Waals surface area contributed by atoms with E-state index in [1.54, 1.807) is 25.2 Å². The van der Waals surface area contributed by atoms with Crippen molar-refractivity contribution in [2.24, 2.45) is 7.05 Å². The Morgan fingerprint density at radius 3 is 2.55 bits per heavy atom.